The lowest BCUT2D eigenvalue weighted by molar-refractivity contribution is -0.137. The van der Waals surface area contributed by atoms with E-state index in [0.717, 1.165) is 35.2 Å². The molecule has 0 spiro atoms. The monoisotopic (exact) mass is 554 g/mol. The van der Waals surface area contributed by atoms with Gasteiger partial charge in [-0.3, -0.25) is 0 Å². The van der Waals surface area contributed by atoms with E-state index < -0.39 is 21.8 Å². The SMILES string of the molecule is N#CN1NSC(c2ccccc2S(N)(=O)=O)=C1Oc1ccc(C(F)(F)F)cc1I. The summed E-state index contributed by atoms with van der Waals surface area (Å²) in [5.41, 5.74) is -0.666. The molecule has 0 radical (unpaired) electrons. The summed E-state index contributed by atoms with van der Waals surface area (Å²) in [5.74, 6) is -0.0324. The zero-order valence-electron chi connectivity index (χ0n) is 14.1. The molecule has 0 saturated carbocycles. The first kappa shape index (κ1) is 21.7. The van der Waals surface area contributed by atoms with Crippen LogP contribution in [-0.4, -0.2) is 13.4 Å². The van der Waals surface area contributed by atoms with Gasteiger partial charge < -0.3 is 4.74 Å². The number of sulfonamides is 1. The first-order chi connectivity index (χ1) is 13.5. The van der Waals surface area contributed by atoms with Crippen molar-refractivity contribution in [1.82, 2.24) is 9.84 Å². The molecule has 0 saturated heterocycles. The Morgan fingerprint density at radius 1 is 1.24 bits per heavy atom. The van der Waals surface area contributed by atoms with Crippen LogP contribution in [0, 0.1) is 15.0 Å². The van der Waals surface area contributed by atoms with Crippen molar-refractivity contribution in [2.45, 2.75) is 11.1 Å². The van der Waals surface area contributed by atoms with Crippen molar-refractivity contribution in [3.63, 3.8) is 0 Å². The summed E-state index contributed by atoms with van der Waals surface area (Å²) in [6, 6.07) is 8.71. The molecule has 3 rings (SSSR count). The number of hydrogen-bond donors (Lipinski definition) is 2. The molecule has 1 aliphatic rings. The van der Waals surface area contributed by atoms with Crippen LogP contribution in [0.2, 0.25) is 0 Å². The molecule has 0 unspecified atom stereocenters. The summed E-state index contributed by atoms with van der Waals surface area (Å²) in [6.45, 7) is 0. The fraction of sp³-hybridized carbons (Fsp3) is 0.0625. The molecule has 7 nitrogen and oxygen atoms in total. The van der Waals surface area contributed by atoms with Gasteiger partial charge in [0.15, 0.2) is 0 Å². The Hall–Kier alpha value is -1.99. The highest BCUT2D eigenvalue weighted by Gasteiger charge is 2.33. The molecular formula is C16H10F3IN4O3S2. The lowest BCUT2D eigenvalue weighted by atomic mass is 10.2. The van der Waals surface area contributed by atoms with Crippen molar-refractivity contribution in [2.24, 2.45) is 5.14 Å². The maximum atomic E-state index is 12.9. The number of hydrazine groups is 1. The van der Waals surface area contributed by atoms with Crippen molar-refractivity contribution < 1.29 is 26.3 Å². The van der Waals surface area contributed by atoms with Crippen LogP contribution in [0.4, 0.5) is 13.2 Å². The third kappa shape index (κ3) is 4.61. The van der Waals surface area contributed by atoms with E-state index in [1.165, 1.54) is 18.2 Å². The second-order valence-corrected chi connectivity index (χ2v) is 9.04. The number of primary sulfonamides is 1. The van der Waals surface area contributed by atoms with Crippen LogP contribution in [0.15, 0.2) is 53.2 Å². The zero-order valence-corrected chi connectivity index (χ0v) is 17.9. The van der Waals surface area contributed by atoms with Crippen LogP contribution >= 0.6 is 34.5 Å². The largest absolute Gasteiger partial charge is 0.436 e. The topological polar surface area (TPSA) is 108 Å². The molecule has 1 aliphatic heterocycles. The number of benzene rings is 2. The van der Waals surface area contributed by atoms with Crippen molar-refractivity contribution in [3.05, 3.63) is 63.0 Å². The highest BCUT2D eigenvalue weighted by atomic mass is 127. The van der Waals surface area contributed by atoms with Gasteiger partial charge in [-0.25, -0.2) is 13.6 Å². The lowest BCUT2D eigenvalue weighted by Gasteiger charge is -2.16. The van der Waals surface area contributed by atoms with Crippen molar-refractivity contribution in [1.29, 1.82) is 5.26 Å². The summed E-state index contributed by atoms with van der Waals surface area (Å²) in [6.07, 6.45) is -2.71. The van der Waals surface area contributed by atoms with Gasteiger partial charge in [-0.1, -0.05) is 18.2 Å². The van der Waals surface area contributed by atoms with Gasteiger partial charge in [0, 0.05) is 5.56 Å². The van der Waals surface area contributed by atoms with Gasteiger partial charge in [0.25, 0.3) is 0 Å². The minimum atomic E-state index is -4.51. The van der Waals surface area contributed by atoms with E-state index in [2.05, 4.69) is 4.83 Å². The molecule has 0 fully saturated rings. The molecule has 0 amide bonds. The number of alkyl halides is 3. The smallest absolute Gasteiger partial charge is 0.416 e. The molecule has 2 aromatic carbocycles. The van der Waals surface area contributed by atoms with E-state index in [1.807, 2.05) is 0 Å². The molecule has 0 aliphatic carbocycles. The first-order valence-corrected chi connectivity index (χ1v) is 11.0. The summed E-state index contributed by atoms with van der Waals surface area (Å²) < 4.78 is 68.3. The fourth-order valence-corrected chi connectivity index (χ4v) is 4.62. The van der Waals surface area contributed by atoms with Gasteiger partial charge >= 0.3 is 6.18 Å². The number of nitrogens with two attached hydrogens (primary N) is 1. The summed E-state index contributed by atoms with van der Waals surface area (Å²) >= 11 is 2.59. The van der Waals surface area contributed by atoms with Gasteiger partial charge in [0.05, 0.1) is 18.9 Å². The lowest BCUT2D eigenvalue weighted by Crippen LogP contribution is -2.25. The number of nitriles is 1. The Morgan fingerprint density at radius 2 is 1.93 bits per heavy atom. The number of nitrogens with zero attached hydrogens (tertiary/aromatic N) is 2. The third-order valence-corrected chi connectivity index (χ3v) is 6.32. The predicted octanol–water partition coefficient (Wildman–Crippen LogP) is 3.61. The second-order valence-electron chi connectivity index (χ2n) is 5.55. The van der Waals surface area contributed by atoms with E-state index in [4.69, 9.17) is 9.88 Å². The molecule has 1 heterocycles. The van der Waals surface area contributed by atoms with Crippen LogP contribution in [-0.2, 0) is 16.2 Å². The Labute approximate surface area is 181 Å². The van der Waals surface area contributed by atoms with Crippen molar-refractivity contribution in [2.75, 3.05) is 0 Å². The number of hydrogen-bond acceptors (Lipinski definition) is 7. The van der Waals surface area contributed by atoms with E-state index >= 15 is 0 Å². The van der Waals surface area contributed by atoms with Crippen LogP contribution in [0.1, 0.15) is 11.1 Å². The minimum absolute atomic E-state index is 0.0590. The average molecular weight is 554 g/mol. The quantitative estimate of drug-likeness (QED) is 0.338. The summed E-state index contributed by atoms with van der Waals surface area (Å²) in [5, 5.41) is 15.5. The maximum Gasteiger partial charge on any atom is 0.416 e. The summed E-state index contributed by atoms with van der Waals surface area (Å²) in [4.78, 5) is 2.67. The average Bonchev–Trinajstić information content (AvgIpc) is 3.04. The standard InChI is InChI=1S/C16H10F3IN4O3S2/c17-16(18,19)9-5-6-12(11(20)7-9)27-15-14(28-23-24(15)8-21)10-3-1-2-4-13(10)29(22,25)26/h1-7,23H,(H2,22,25,26). The van der Waals surface area contributed by atoms with Crippen LogP contribution in [0.25, 0.3) is 4.91 Å². The molecule has 0 aromatic heterocycles. The van der Waals surface area contributed by atoms with Crippen LogP contribution < -0.4 is 14.7 Å². The third-order valence-electron chi connectivity index (χ3n) is 3.64. The van der Waals surface area contributed by atoms with Gasteiger partial charge in [0.1, 0.15) is 5.75 Å². The van der Waals surface area contributed by atoms with Crippen LogP contribution in [0.3, 0.4) is 0 Å². The van der Waals surface area contributed by atoms with E-state index in [9.17, 15) is 26.9 Å². The highest BCUT2D eigenvalue weighted by Crippen LogP contribution is 2.40. The molecular weight excluding hydrogens is 544 g/mol. The Balaban J connectivity index is 2.10. The number of ether oxygens (including phenoxy) is 1. The predicted molar refractivity (Wildman–Crippen MR) is 108 cm³/mol. The van der Waals surface area contributed by atoms with Crippen molar-refractivity contribution >= 4 is 49.5 Å². The summed E-state index contributed by atoms with van der Waals surface area (Å²) in [7, 11) is -4.08. The zero-order chi connectivity index (χ0) is 21.4. The Kier molecular flexibility index (Phi) is 6.01. The second kappa shape index (κ2) is 8.03. The van der Waals surface area contributed by atoms with E-state index in [0.29, 0.717) is 0 Å². The number of nitrogens with one attached hydrogen (secondary N) is 1. The maximum absolute atomic E-state index is 12.9. The molecule has 152 valence electrons. The Morgan fingerprint density at radius 3 is 2.52 bits per heavy atom. The molecule has 3 N–H and O–H groups in total. The van der Waals surface area contributed by atoms with Crippen molar-refractivity contribution in [3.8, 4) is 11.9 Å². The van der Waals surface area contributed by atoms with Gasteiger partial charge in [-0.15, -0.1) is 0 Å². The fourth-order valence-electron chi connectivity index (χ4n) is 2.37. The molecule has 0 bridgehead atoms. The number of rotatable bonds is 4. The first-order valence-electron chi connectivity index (χ1n) is 7.56. The van der Waals surface area contributed by atoms with Crippen LogP contribution in [0.5, 0.6) is 5.75 Å². The van der Waals surface area contributed by atoms with Gasteiger partial charge in [-0.05, 0) is 58.8 Å². The highest BCUT2D eigenvalue weighted by molar-refractivity contribution is 14.1. The van der Waals surface area contributed by atoms with Gasteiger partial charge in [0.2, 0.25) is 22.1 Å². The number of halogens is 4. The van der Waals surface area contributed by atoms with E-state index in [1.54, 1.807) is 34.9 Å². The Bertz CT molecular complexity index is 1150. The van der Waals surface area contributed by atoms with Gasteiger partial charge in [-0.2, -0.15) is 28.3 Å². The van der Waals surface area contributed by atoms with E-state index in [-0.39, 0.29) is 30.6 Å². The molecule has 29 heavy (non-hydrogen) atoms. The normalized spacial score (nSPS) is 14.8. The molecule has 2 aromatic rings. The molecule has 13 heteroatoms. The minimum Gasteiger partial charge on any atom is -0.436 e. The molecule has 0 atom stereocenters.